The van der Waals surface area contributed by atoms with Crippen LogP contribution >= 0.6 is 0 Å². The van der Waals surface area contributed by atoms with Gasteiger partial charge in [-0.05, 0) is 43.2 Å². The minimum absolute atomic E-state index is 0.152. The molecule has 1 aromatic heterocycles. The first-order valence-corrected chi connectivity index (χ1v) is 8.53. The zero-order valence-corrected chi connectivity index (χ0v) is 14.9. The Labute approximate surface area is 152 Å². The zero-order chi connectivity index (χ0) is 18.5. The molecule has 1 heterocycles. The second kappa shape index (κ2) is 7.78. The van der Waals surface area contributed by atoms with E-state index in [2.05, 4.69) is 10.4 Å². The smallest absolute Gasteiger partial charge is 0.266 e. The zero-order valence-electron chi connectivity index (χ0n) is 14.9. The molecule has 0 atom stereocenters. The van der Waals surface area contributed by atoms with Gasteiger partial charge in [0.2, 0.25) is 0 Å². The molecule has 1 N–H and O–H groups in total. The van der Waals surface area contributed by atoms with E-state index >= 15 is 0 Å². The van der Waals surface area contributed by atoms with E-state index in [9.17, 15) is 9.59 Å². The molecule has 5 nitrogen and oxygen atoms in total. The van der Waals surface area contributed by atoms with Crippen molar-refractivity contribution >= 4 is 5.91 Å². The minimum atomic E-state index is -0.190. The van der Waals surface area contributed by atoms with E-state index in [1.165, 1.54) is 10.7 Å². The minimum Gasteiger partial charge on any atom is -0.350 e. The Bertz CT molecular complexity index is 978. The molecule has 0 saturated heterocycles. The molecule has 0 aliphatic heterocycles. The number of carbonyl (C=O) groups is 1. The van der Waals surface area contributed by atoms with Gasteiger partial charge in [0.05, 0.1) is 12.2 Å². The molecule has 0 aliphatic rings. The molecule has 3 aromatic rings. The van der Waals surface area contributed by atoms with Crippen LogP contribution in [-0.4, -0.2) is 22.2 Å². The summed E-state index contributed by atoms with van der Waals surface area (Å²) < 4.78 is 1.38. The molecule has 0 radical (unpaired) electrons. The standard InChI is InChI=1S/C21H21N3O2/c1-15-8-9-18(14-16(15)2)21(26)22-12-13-24-20(25)11-10-19(23-24)17-6-4-3-5-7-17/h3-11,14H,12-13H2,1-2H3,(H,22,26). The van der Waals surface area contributed by atoms with Gasteiger partial charge in [-0.3, -0.25) is 9.59 Å². The molecular weight excluding hydrogens is 326 g/mol. The fourth-order valence-electron chi connectivity index (χ4n) is 2.63. The van der Waals surface area contributed by atoms with Crippen molar-refractivity contribution in [2.45, 2.75) is 20.4 Å². The third kappa shape index (κ3) is 4.06. The lowest BCUT2D eigenvalue weighted by Crippen LogP contribution is -2.32. The molecular formula is C21H21N3O2. The van der Waals surface area contributed by atoms with E-state index < -0.39 is 0 Å². The Hall–Kier alpha value is -3.21. The van der Waals surface area contributed by atoms with Crippen LogP contribution in [0.15, 0.2) is 65.5 Å². The lowest BCUT2D eigenvalue weighted by atomic mass is 10.1. The number of aryl methyl sites for hydroxylation is 2. The Balaban J connectivity index is 1.67. The number of benzene rings is 2. The highest BCUT2D eigenvalue weighted by molar-refractivity contribution is 5.94. The number of nitrogens with one attached hydrogen (secondary N) is 1. The molecule has 0 aliphatic carbocycles. The number of hydrogen-bond donors (Lipinski definition) is 1. The van der Waals surface area contributed by atoms with E-state index in [0.717, 1.165) is 22.4 Å². The Morgan fingerprint density at radius 3 is 2.50 bits per heavy atom. The van der Waals surface area contributed by atoms with E-state index in [1.807, 2.05) is 56.3 Å². The molecule has 0 fully saturated rings. The van der Waals surface area contributed by atoms with Gasteiger partial charge in [-0.1, -0.05) is 36.4 Å². The van der Waals surface area contributed by atoms with Gasteiger partial charge in [-0.25, -0.2) is 4.68 Å². The first kappa shape index (κ1) is 17.6. The molecule has 132 valence electrons. The third-order valence-electron chi connectivity index (χ3n) is 4.31. The van der Waals surface area contributed by atoms with Gasteiger partial charge in [0.15, 0.2) is 0 Å². The molecule has 0 unspecified atom stereocenters. The van der Waals surface area contributed by atoms with Gasteiger partial charge in [0, 0.05) is 23.7 Å². The second-order valence-electron chi connectivity index (χ2n) is 6.20. The molecule has 0 spiro atoms. The highest BCUT2D eigenvalue weighted by Crippen LogP contribution is 2.14. The summed E-state index contributed by atoms with van der Waals surface area (Å²) in [5.74, 6) is -0.152. The normalized spacial score (nSPS) is 10.5. The van der Waals surface area contributed by atoms with Gasteiger partial charge >= 0.3 is 0 Å². The van der Waals surface area contributed by atoms with E-state index in [4.69, 9.17) is 0 Å². The lowest BCUT2D eigenvalue weighted by molar-refractivity contribution is 0.0951. The number of nitrogens with zero attached hydrogens (tertiary/aromatic N) is 2. The van der Waals surface area contributed by atoms with Gasteiger partial charge in [-0.2, -0.15) is 5.10 Å². The maximum atomic E-state index is 12.3. The van der Waals surface area contributed by atoms with Crippen LogP contribution in [-0.2, 0) is 6.54 Å². The Kier molecular flexibility index (Phi) is 5.27. The summed E-state index contributed by atoms with van der Waals surface area (Å²) in [6, 6.07) is 18.5. The SMILES string of the molecule is Cc1ccc(C(=O)NCCn2nc(-c3ccccc3)ccc2=O)cc1C. The van der Waals surface area contributed by atoms with Crippen LogP contribution in [0.1, 0.15) is 21.5 Å². The summed E-state index contributed by atoms with van der Waals surface area (Å²) in [5, 5.41) is 7.23. The molecule has 3 rings (SSSR count). The Morgan fingerprint density at radius 2 is 1.77 bits per heavy atom. The summed E-state index contributed by atoms with van der Waals surface area (Å²) in [6.07, 6.45) is 0. The van der Waals surface area contributed by atoms with E-state index in [1.54, 1.807) is 12.1 Å². The average Bonchev–Trinajstić information content (AvgIpc) is 2.66. The van der Waals surface area contributed by atoms with Crippen LogP contribution in [0.5, 0.6) is 0 Å². The van der Waals surface area contributed by atoms with Crippen LogP contribution in [0.4, 0.5) is 0 Å². The summed E-state index contributed by atoms with van der Waals surface area (Å²) in [4.78, 5) is 24.3. The highest BCUT2D eigenvalue weighted by Gasteiger charge is 2.07. The molecule has 2 aromatic carbocycles. The topological polar surface area (TPSA) is 64.0 Å². The molecule has 0 saturated carbocycles. The first-order chi connectivity index (χ1) is 12.5. The van der Waals surface area contributed by atoms with Crippen molar-refractivity contribution in [3.05, 3.63) is 87.7 Å². The van der Waals surface area contributed by atoms with Gasteiger partial charge in [0.1, 0.15) is 0 Å². The van der Waals surface area contributed by atoms with Crippen LogP contribution in [0.2, 0.25) is 0 Å². The van der Waals surface area contributed by atoms with Gasteiger partial charge < -0.3 is 5.32 Å². The number of amides is 1. The summed E-state index contributed by atoms with van der Waals surface area (Å²) in [7, 11) is 0. The molecule has 26 heavy (non-hydrogen) atoms. The molecule has 0 bridgehead atoms. The van der Waals surface area contributed by atoms with Crippen molar-refractivity contribution in [1.82, 2.24) is 15.1 Å². The predicted molar refractivity (Wildman–Crippen MR) is 102 cm³/mol. The monoisotopic (exact) mass is 347 g/mol. The van der Waals surface area contributed by atoms with Crippen molar-refractivity contribution in [1.29, 1.82) is 0 Å². The summed E-state index contributed by atoms with van der Waals surface area (Å²) in [6.45, 7) is 4.63. The number of aromatic nitrogens is 2. The molecule has 1 amide bonds. The highest BCUT2D eigenvalue weighted by atomic mass is 16.1. The van der Waals surface area contributed by atoms with Crippen molar-refractivity contribution in [2.24, 2.45) is 0 Å². The van der Waals surface area contributed by atoms with E-state index in [0.29, 0.717) is 18.7 Å². The van der Waals surface area contributed by atoms with Crippen molar-refractivity contribution in [2.75, 3.05) is 6.54 Å². The maximum Gasteiger partial charge on any atom is 0.266 e. The quantitative estimate of drug-likeness (QED) is 0.772. The largest absolute Gasteiger partial charge is 0.350 e. The average molecular weight is 347 g/mol. The van der Waals surface area contributed by atoms with Gasteiger partial charge in [0.25, 0.3) is 11.5 Å². The van der Waals surface area contributed by atoms with Gasteiger partial charge in [-0.15, -0.1) is 0 Å². The van der Waals surface area contributed by atoms with Crippen LogP contribution in [0.3, 0.4) is 0 Å². The van der Waals surface area contributed by atoms with Crippen LogP contribution < -0.4 is 10.9 Å². The summed E-state index contributed by atoms with van der Waals surface area (Å²) >= 11 is 0. The fourth-order valence-corrected chi connectivity index (χ4v) is 2.63. The number of hydrogen-bond acceptors (Lipinski definition) is 3. The maximum absolute atomic E-state index is 12.3. The lowest BCUT2D eigenvalue weighted by Gasteiger charge is -2.09. The predicted octanol–water partition coefficient (Wildman–Crippen LogP) is 2.96. The first-order valence-electron chi connectivity index (χ1n) is 8.53. The van der Waals surface area contributed by atoms with Crippen molar-refractivity contribution in [3.8, 4) is 11.3 Å². The van der Waals surface area contributed by atoms with Crippen LogP contribution in [0, 0.1) is 13.8 Å². The third-order valence-corrected chi connectivity index (χ3v) is 4.31. The second-order valence-corrected chi connectivity index (χ2v) is 6.20. The summed E-state index contributed by atoms with van der Waals surface area (Å²) in [5.41, 5.74) is 4.32. The van der Waals surface area contributed by atoms with Crippen LogP contribution in [0.25, 0.3) is 11.3 Å². The van der Waals surface area contributed by atoms with E-state index in [-0.39, 0.29) is 11.5 Å². The van der Waals surface area contributed by atoms with Crippen molar-refractivity contribution in [3.63, 3.8) is 0 Å². The number of carbonyl (C=O) groups excluding carboxylic acids is 1. The fraction of sp³-hybridized carbons (Fsp3) is 0.190. The number of rotatable bonds is 5. The molecule has 5 heteroatoms. The van der Waals surface area contributed by atoms with Crippen molar-refractivity contribution < 1.29 is 4.79 Å². The Morgan fingerprint density at radius 1 is 1.00 bits per heavy atom.